The van der Waals surface area contributed by atoms with Gasteiger partial charge in [0, 0.05) is 21.8 Å². The Morgan fingerprint density at radius 1 is 0.897 bits per heavy atom. The lowest BCUT2D eigenvalue weighted by Crippen LogP contribution is -2.40. The number of rotatable bonds is 6. The number of amides is 1. The fourth-order valence-electron chi connectivity index (χ4n) is 4.24. The Labute approximate surface area is 236 Å². The van der Waals surface area contributed by atoms with Gasteiger partial charge in [0.2, 0.25) is 5.91 Å². The molecule has 200 valence electrons. The van der Waals surface area contributed by atoms with Gasteiger partial charge in [0.05, 0.1) is 26.2 Å². The Kier molecular flexibility index (Phi) is 7.06. The van der Waals surface area contributed by atoms with Crippen LogP contribution in [0.15, 0.2) is 94.7 Å². The zero-order valence-corrected chi connectivity index (χ0v) is 23.5. The second-order valence-electron chi connectivity index (χ2n) is 8.83. The zero-order valence-electron chi connectivity index (χ0n) is 20.4. The minimum atomic E-state index is -3.99. The number of carbonyl (C=O) groups excluding carboxylic acids is 1. The summed E-state index contributed by atoms with van der Waals surface area (Å²) < 4.78 is 56.0. The highest BCUT2D eigenvalue weighted by Crippen LogP contribution is 2.43. The van der Waals surface area contributed by atoms with Crippen LogP contribution in [0.25, 0.3) is 11.1 Å². The van der Waals surface area contributed by atoms with Gasteiger partial charge in [-0.3, -0.25) is 13.8 Å². The maximum absolute atomic E-state index is 13.4. The number of aryl methyl sites for hydroxylation is 1. The van der Waals surface area contributed by atoms with Crippen LogP contribution in [0.5, 0.6) is 0 Å². The van der Waals surface area contributed by atoms with Crippen molar-refractivity contribution in [1.29, 1.82) is 0 Å². The second-order valence-corrected chi connectivity index (χ2v) is 13.2. The highest BCUT2D eigenvalue weighted by Gasteiger charge is 2.35. The smallest absolute Gasteiger partial charge is 0.265 e. The van der Waals surface area contributed by atoms with Crippen molar-refractivity contribution in [3.63, 3.8) is 0 Å². The van der Waals surface area contributed by atoms with Crippen molar-refractivity contribution < 1.29 is 21.6 Å². The highest BCUT2D eigenvalue weighted by molar-refractivity contribution is 7.93. The number of halogens is 2. The molecule has 0 spiro atoms. The van der Waals surface area contributed by atoms with E-state index >= 15 is 0 Å². The molecule has 39 heavy (non-hydrogen) atoms. The first-order valence-corrected chi connectivity index (χ1v) is 15.2. The molecule has 0 atom stereocenters. The summed E-state index contributed by atoms with van der Waals surface area (Å²) in [7, 11) is -7.99. The normalized spacial score (nSPS) is 13.8. The van der Waals surface area contributed by atoms with E-state index in [1.54, 1.807) is 30.3 Å². The molecule has 0 radical (unpaired) electrons. The fourth-order valence-corrected chi connectivity index (χ4v) is 7.36. The molecule has 4 aromatic rings. The number of anilines is 3. The number of hydrogen-bond donors (Lipinski definition) is 2. The van der Waals surface area contributed by atoms with Crippen LogP contribution in [-0.2, 0) is 24.8 Å². The van der Waals surface area contributed by atoms with Crippen LogP contribution in [0.2, 0.25) is 10.0 Å². The van der Waals surface area contributed by atoms with Gasteiger partial charge in [-0.25, -0.2) is 16.8 Å². The summed E-state index contributed by atoms with van der Waals surface area (Å²) in [5, 5.41) is 3.13. The average molecular weight is 603 g/mol. The molecule has 0 fully saturated rings. The molecule has 0 aliphatic carbocycles. The standard InChI is InChI=1S/C27H21Cl2N3O5S2/c1-17-6-13-25-22(14-17)21-4-2-3-5-26(21)39(36,37)32(25)16-27(33)30-19-8-10-20(11-9-19)38(34,35)31-24-15-18(28)7-12-23(24)29/h2-15,31H,16H2,1H3,(H,30,33). The second kappa shape index (κ2) is 10.2. The van der Waals surface area contributed by atoms with Crippen LogP contribution in [0.4, 0.5) is 17.1 Å². The summed E-state index contributed by atoms with van der Waals surface area (Å²) in [5.41, 5.74) is 3.07. The van der Waals surface area contributed by atoms with E-state index in [1.807, 2.05) is 13.0 Å². The van der Waals surface area contributed by atoms with Crippen LogP contribution in [0.3, 0.4) is 0 Å². The molecule has 1 heterocycles. The summed E-state index contributed by atoms with van der Waals surface area (Å²) >= 11 is 12.0. The topological polar surface area (TPSA) is 113 Å². The van der Waals surface area contributed by atoms with Crippen LogP contribution in [-0.4, -0.2) is 29.3 Å². The monoisotopic (exact) mass is 601 g/mol. The van der Waals surface area contributed by atoms with Crippen LogP contribution < -0.4 is 14.3 Å². The van der Waals surface area contributed by atoms with Crippen molar-refractivity contribution in [2.75, 3.05) is 20.9 Å². The van der Waals surface area contributed by atoms with Gasteiger partial charge in [0.1, 0.15) is 6.54 Å². The molecule has 1 amide bonds. The van der Waals surface area contributed by atoms with E-state index in [0.717, 1.165) is 15.4 Å². The number of benzene rings is 4. The third-order valence-corrected chi connectivity index (χ3v) is 9.84. The minimum absolute atomic E-state index is 0.0731. The van der Waals surface area contributed by atoms with Crippen LogP contribution in [0, 0.1) is 6.92 Å². The summed E-state index contributed by atoms with van der Waals surface area (Å²) in [6.45, 7) is 1.44. The van der Waals surface area contributed by atoms with Crippen molar-refractivity contribution >= 4 is 66.2 Å². The van der Waals surface area contributed by atoms with E-state index in [1.165, 1.54) is 48.5 Å². The predicted molar refractivity (Wildman–Crippen MR) is 153 cm³/mol. The molecule has 0 saturated heterocycles. The molecule has 2 N–H and O–H groups in total. The maximum atomic E-state index is 13.4. The number of nitrogens with one attached hydrogen (secondary N) is 2. The summed E-state index contributed by atoms with van der Waals surface area (Å²) in [4.78, 5) is 13.0. The van der Waals surface area contributed by atoms with Crippen LogP contribution in [0.1, 0.15) is 5.56 Å². The van der Waals surface area contributed by atoms with Crippen molar-refractivity contribution in [2.24, 2.45) is 0 Å². The highest BCUT2D eigenvalue weighted by atomic mass is 35.5. The van der Waals surface area contributed by atoms with Gasteiger partial charge in [0.15, 0.2) is 0 Å². The first kappa shape index (κ1) is 27.0. The lowest BCUT2D eigenvalue weighted by molar-refractivity contribution is -0.114. The predicted octanol–water partition coefficient (Wildman–Crippen LogP) is 5.92. The quantitative estimate of drug-likeness (QED) is 0.285. The van der Waals surface area contributed by atoms with Gasteiger partial charge in [-0.2, -0.15) is 0 Å². The van der Waals surface area contributed by atoms with E-state index in [2.05, 4.69) is 10.0 Å². The molecule has 0 saturated carbocycles. The Morgan fingerprint density at radius 3 is 2.36 bits per heavy atom. The molecule has 12 heteroatoms. The van der Waals surface area contributed by atoms with E-state index in [0.29, 0.717) is 22.0 Å². The van der Waals surface area contributed by atoms with Crippen molar-refractivity contribution in [3.8, 4) is 11.1 Å². The van der Waals surface area contributed by atoms with Crippen molar-refractivity contribution in [1.82, 2.24) is 0 Å². The maximum Gasteiger partial charge on any atom is 0.265 e. The summed E-state index contributed by atoms with van der Waals surface area (Å²) in [6.07, 6.45) is 0. The Morgan fingerprint density at radius 2 is 1.62 bits per heavy atom. The van der Waals surface area contributed by atoms with Gasteiger partial charge in [-0.05, 0) is 67.6 Å². The van der Waals surface area contributed by atoms with Gasteiger partial charge in [-0.15, -0.1) is 0 Å². The van der Waals surface area contributed by atoms with E-state index < -0.39 is 32.5 Å². The zero-order chi connectivity index (χ0) is 27.9. The number of hydrogen-bond acceptors (Lipinski definition) is 5. The first-order chi connectivity index (χ1) is 18.5. The fraction of sp³-hybridized carbons (Fsp3) is 0.0741. The molecule has 4 aromatic carbocycles. The molecule has 8 nitrogen and oxygen atoms in total. The number of nitrogens with zero attached hydrogens (tertiary/aromatic N) is 1. The molecule has 0 aromatic heterocycles. The van der Waals surface area contributed by atoms with Crippen LogP contribution >= 0.6 is 23.2 Å². The summed E-state index contributed by atoms with van der Waals surface area (Å²) in [5.74, 6) is -0.594. The number of sulfonamides is 2. The van der Waals surface area contributed by atoms with Gasteiger partial charge < -0.3 is 5.32 Å². The van der Waals surface area contributed by atoms with E-state index in [-0.39, 0.29) is 20.5 Å². The number of fused-ring (bicyclic) bond motifs is 3. The van der Waals surface area contributed by atoms with Crippen molar-refractivity contribution in [3.05, 3.63) is 101 Å². The third kappa shape index (κ3) is 5.33. The molecule has 1 aliphatic heterocycles. The van der Waals surface area contributed by atoms with Gasteiger partial charge in [0.25, 0.3) is 20.0 Å². The largest absolute Gasteiger partial charge is 0.325 e. The Balaban J connectivity index is 1.35. The third-order valence-electron chi connectivity index (χ3n) is 6.07. The van der Waals surface area contributed by atoms with E-state index in [9.17, 15) is 21.6 Å². The first-order valence-electron chi connectivity index (χ1n) is 11.6. The SMILES string of the molecule is Cc1ccc2c(c1)-c1ccccc1S(=O)(=O)N2CC(=O)Nc1ccc(S(=O)(=O)Nc2cc(Cl)ccc2Cl)cc1. The summed E-state index contributed by atoms with van der Waals surface area (Å²) in [6, 6.07) is 21.9. The molecular formula is C27H21Cl2N3O5S2. The van der Waals surface area contributed by atoms with Crippen molar-refractivity contribution in [2.45, 2.75) is 16.7 Å². The van der Waals surface area contributed by atoms with E-state index in [4.69, 9.17) is 23.2 Å². The Hall–Kier alpha value is -3.57. The molecule has 1 aliphatic rings. The van der Waals surface area contributed by atoms with Gasteiger partial charge in [-0.1, -0.05) is 53.0 Å². The minimum Gasteiger partial charge on any atom is -0.325 e. The molecule has 0 unspecified atom stereocenters. The molecular weight excluding hydrogens is 581 g/mol. The lowest BCUT2D eigenvalue weighted by atomic mass is 10.0. The lowest BCUT2D eigenvalue weighted by Gasteiger charge is -2.31. The Bertz CT molecular complexity index is 1830. The van der Waals surface area contributed by atoms with Gasteiger partial charge >= 0.3 is 0 Å². The molecule has 0 bridgehead atoms. The molecule has 5 rings (SSSR count). The number of carbonyl (C=O) groups is 1. The average Bonchev–Trinajstić information content (AvgIpc) is 2.89.